The fourth-order valence-corrected chi connectivity index (χ4v) is 3.32. The molecule has 96 valence electrons. The lowest BCUT2D eigenvalue weighted by Gasteiger charge is -2.15. The topological polar surface area (TPSA) is 0 Å². The molecule has 4 rings (SSSR count). The van der Waals surface area contributed by atoms with E-state index in [4.69, 9.17) is 0 Å². The molecule has 2 aliphatic rings. The summed E-state index contributed by atoms with van der Waals surface area (Å²) in [4.78, 5) is 0. The second kappa shape index (κ2) is 4.64. The molecule has 2 aromatic carbocycles. The van der Waals surface area contributed by atoms with Gasteiger partial charge in [0.1, 0.15) is 0 Å². The van der Waals surface area contributed by atoms with Crippen molar-refractivity contribution >= 4 is 0 Å². The fourth-order valence-electron chi connectivity index (χ4n) is 3.32. The van der Waals surface area contributed by atoms with Gasteiger partial charge in [0.05, 0.1) is 0 Å². The van der Waals surface area contributed by atoms with Gasteiger partial charge in [-0.2, -0.15) is 0 Å². The molecule has 0 aromatic heterocycles. The first kappa shape index (κ1) is 11.5. The van der Waals surface area contributed by atoms with E-state index in [2.05, 4.69) is 78.9 Å². The molecular formula is C20H16. The predicted octanol–water partition coefficient (Wildman–Crippen LogP) is 5.24. The minimum absolute atomic E-state index is 0.388. The van der Waals surface area contributed by atoms with Gasteiger partial charge < -0.3 is 0 Å². The Morgan fingerprint density at radius 3 is 2.10 bits per heavy atom. The summed E-state index contributed by atoms with van der Waals surface area (Å²) >= 11 is 0. The monoisotopic (exact) mass is 256 g/mol. The molecule has 2 aromatic rings. The van der Waals surface area contributed by atoms with E-state index < -0.39 is 0 Å². The van der Waals surface area contributed by atoms with Crippen molar-refractivity contribution in [3.63, 3.8) is 0 Å². The maximum atomic E-state index is 2.35. The Kier molecular flexibility index (Phi) is 2.67. The highest BCUT2D eigenvalue weighted by Gasteiger charge is 2.29. The highest BCUT2D eigenvalue weighted by atomic mass is 14.3. The number of rotatable bonds is 1. The molecule has 0 nitrogen and oxygen atoms in total. The second-order valence-electron chi connectivity index (χ2n) is 5.33. The Hall–Kier alpha value is -2.34. The number of benzene rings is 2. The van der Waals surface area contributed by atoms with Crippen molar-refractivity contribution in [3.05, 3.63) is 95.6 Å². The first-order valence-electron chi connectivity index (χ1n) is 7.16. The molecule has 20 heavy (non-hydrogen) atoms. The lowest BCUT2D eigenvalue weighted by Crippen LogP contribution is -1.99. The van der Waals surface area contributed by atoms with Crippen LogP contribution in [0.1, 0.15) is 23.5 Å². The molecule has 0 heterocycles. The van der Waals surface area contributed by atoms with E-state index in [1.165, 1.54) is 27.8 Å². The van der Waals surface area contributed by atoms with E-state index >= 15 is 0 Å². The van der Waals surface area contributed by atoms with Gasteiger partial charge in [-0.3, -0.25) is 0 Å². The molecule has 2 aliphatic carbocycles. The standard InChI is InChI=1S/C20H16/c1-2-4-10-15(9-3-1)20-18-13-7-5-11-16(18)17-12-6-8-14-19(17)20/h1-3,5-14,20H,4H2. The molecule has 0 amide bonds. The largest absolute Gasteiger partial charge is 0.0807 e. The molecule has 0 atom stereocenters. The molecule has 0 fully saturated rings. The maximum absolute atomic E-state index is 2.35. The quantitative estimate of drug-likeness (QED) is 0.654. The molecule has 0 aliphatic heterocycles. The minimum atomic E-state index is 0.388. The van der Waals surface area contributed by atoms with Gasteiger partial charge >= 0.3 is 0 Å². The average molecular weight is 256 g/mol. The van der Waals surface area contributed by atoms with Gasteiger partial charge in [0.2, 0.25) is 0 Å². The van der Waals surface area contributed by atoms with E-state index in [0.29, 0.717) is 5.92 Å². The van der Waals surface area contributed by atoms with Crippen molar-refractivity contribution in [1.29, 1.82) is 0 Å². The van der Waals surface area contributed by atoms with Crippen LogP contribution < -0.4 is 0 Å². The zero-order valence-corrected chi connectivity index (χ0v) is 11.3. The zero-order valence-electron chi connectivity index (χ0n) is 11.3. The summed E-state index contributed by atoms with van der Waals surface area (Å²) in [6, 6.07) is 17.6. The van der Waals surface area contributed by atoms with Crippen LogP contribution in [0.25, 0.3) is 11.1 Å². The number of fused-ring (bicyclic) bond motifs is 3. The number of hydrogen-bond acceptors (Lipinski definition) is 0. The molecule has 0 spiro atoms. The summed E-state index contributed by atoms with van der Waals surface area (Å²) in [6.45, 7) is 0. The molecule has 0 N–H and O–H groups in total. The summed E-state index contributed by atoms with van der Waals surface area (Å²) in [5.41, 5.74) is 7.06. The molecule has 0 bridgehead atoms. The van der Waals surface area contributed by atoms with Crippen LogP contribution in [0.5, 0.6) is 0 Å². The minimum Gasteiger partial charge on any atom is -0.0807 e. The van der Waals surface area contributed by atoms with Gasteiger partial charge in [0, 0.05) is 5.92 Å². The molecule has 0 heteroatoms. The van der Waals surface area contributed by atoms with Crippen molar-refractivity contribution in [2.75, 3.05) is 0 Å². The lowest BCUT2D eigenvalue weighted by atomic mass is 9.88. The Morgan fingerprint density at radius 2 is 1.40 bits per heavy atom. The normalized spacial score (nSPS) is 16.5. The van der Waals surface area contributed by atoms with Crippen LogP contribution >= 0.6 is 0 Å². The van der Waals surface area contributed by atoms with Crippen LogP contribution in [0.15, 0.2) is 84.5 Å². The van der Waals surface area contributed by atoms with Gasteiger partial charge in [-0.05, 0) is 34.2 Å². The van der Waals surface area contributed by atoms with E-state index in [1.807, 2.05) is 0 Å². The maximum Gasteiger partial charge on any atom is 0.0349 e. The van der Waals surface area contributed by atoms with Crippen molar-refractivity contribution in [2.24, 2.45) is 0 Å². The van der Waals surface area contributed by atoms with Gasteiger partial charge in [-0.25, -0.2) is 0 Å². The third-order valence-electron chi connectivity index (χ3n) is 4.19. The van der Waals surface area contributed by atoms with Gasteiger partial charge in [0.25, 0.3) is 0 Å². The van der Waals surface area contributed by atoms with Crippen LogP contribution in [-0.2, 0) is 0 Å². The average Bonchev–Trinajstić information content (AvgIpc) is 2.65. The lowest BCUT2D eigenvalue weighted by molar-refractivity contribution is 1.01. The summed E-state index contributed by atoms with van der Waals surface area (Å²) in [5.74, 6) is 0.388. The molecule has 0 unspecified atom stereocenters. The first-order valence-corrected chi connectivity index (χ1v) is 7.16. The van der Waals surface area contributed by atoms with Crippen LogP contribution in [0, 0.1) is 0 Å². The Labute approximate surface area is 119 Å². The zero-order chi connectivity index (χ0) is 13.4. The first-order chi connectivity index (χ1) is 9.95. The van der Waals surface area contributed by atoms with Crippen LogP contribution in [0.3, 0.4) is 0 Å². The molecule has 0 saturated heterocycles. The van der Waals surface area contributed by atoms with E-state index in [-0.39, 0.29) is 0 Å². The Morgan fingerprint density at radius 1 is 0.750 bits per heavy atom. The van der Waals surface area contributed by atoms with E-state index in [1.54, 1.807) is 0 Å². The fraction of sp³-hybridized carbons (Fsp3) is 0.100. The van der Waals surface area contributed by atoms with Crippen LogP contribution in [0.2, 0.25) is 0 Å². The molecule has 0 saturated carbocycles. The summed E-state index contributed by atoms with van der Waals surface area (Å²) < 4.78 is 0. The van der Waals surface area contributed by atoms with Crippen LogP contribution in [0.4, 0.5) is 0 Å². The third kappa shape index (κ3) is 1.69. The molecule has 0 radical (unpaired) electrons. The number of allylic oxidation sites excluding steroid dienone is 6. The second-order valence-corrected chi connectivity index (χ2v) is 5.33. The third-order valence-corrected chi connectivity index (χ3v) is 4.19. The van der Waals surface area contributed by atoms with Crippen molar-refractivity contribution < 1.29 is 0 Å². The van der Waals surface area contributed by atoms with E-state index in [9.17, 15) is 0 Å². The van der Waals surface area contributed by atoms with Crippen LogP contribution in [-0.4, -0.2) is 0 Å². The van der Waals surface area contributed by atoms with Gasteiger partial charge in [-0.1, -0.05) is 78.9 Å². The van der Waals surface area contributed by atoms with Crippen molar-refractivity contribution in [3.8, 4) is 11.1 Å². The predicted molar refractivity (Wildman–Crippen MR) is 84.7 cm³/mol. The van der Waals surface area contributed by atoms with E-state index in [0.717, 1.165) is 6.42 Å². The SMILES string of the molecule is C1=CCC=C(C2c3ccccc3-c3ccccc32)C=C1. The van der Waals surface area contributed by atoms with Crippen molar-refractivity contribution in [1.82, 2.24) is 0 Å². The Bertz CT molecular complexity index is 699. The summed E-state index contributed by atoms with van der Waals surface area (Å²) in [5, 5.41) is 0. The Balaban J connectivity index is 1.94. The van der Waals surface area contributed by atoms with Gasteiger partial charge in [-0.15, -0.1) is 0 Å². The smallest absolute Gasteiger partial charge is 0.0349 e. The number of hydrogen-bond donors (Lipinski definition) is 0. The summed E-state index contributed by atoms with van der Waals surface area (Å²) in [6.07, 6.45) is 12.1. The van der Waals surface area contributed by atoms with Gasteiger partial charge in [0.15, 0.2) is 0 Å². The highest BCUT2D eigenvalue weighted by Crippen LogP contribution is 2.48. The summed E-state index contributed by atoms with van der Waals surface area (Å²) in [7, 11) is 0. The highest BCUT2D eigenvalue weighted by molar-refractivity contribution is 5.80. The van der Waals surface area contributed by atoms with Crippen molar-refractivity contribution in [2.45, 2.75) is 12.3 Å². The molecular weight excluding hydrogens is 240 g/mol.